The molecule has 1 atom stereocenters. The van der Waals surface area contributed by atoms with Gasteiger partial charge < -0.3 is 5.32 Å². The summed E-state index contributed by atoms with van der Waals surface area (Å²) in [6.45, 7) is 4.13. The average molecular weight is 288 g/mol. The first-order valence-corrected chi connectivity index (χ1v) is 7.15. The Bertz CT molecular complexity index is 847. The SMILES string of the molecule is Cc1ccc2ncnc(N[C@@H](C)c3ccc(C#N)cc3)c2c1. The van der Waals surface area contributed by atoms with Gasteiger partial charge in [0.05, 0.1) is 17.1 Å². The van der Waals surface area contributed by atoms with Crippen molar-refractivity contribution in [3.05, 3.63) is 65.5 Å². The third kappa shape index (κ3) is 2.75. The Morgan fingerprint density at radius 1 is 1.09 bits per heavy atom. The second kappa shape index (κ2) is 5.82. The van der Waals surface area contributed by atoms with Crippen molar-refractivity contribution in [2.24, 2.45) is 0 Å². The van der Waals surface area contributed by atoms with Gasteiger partial charge in [-0.2, -0.15) is 5.26 Å². The number of nitrogens with one attached hydrogen (secondary N) is 1. The fourth-order valence-electron chi connectivity index (χ4n) is 2.42. The van der Waals surface area contributed by atoms with Crippen LogP contribution in [0.3, 0.4) is 0 Å². The Labute approximate surface area is 129 Å². The first-order valence-electron chi connectivity index (χ1n) is 7.15. The number of fused-ring (bicyclic) bond motifs is 1. The summed E-state index contributed by atoms with van der Waals surface area (Å²) in [4.78, 5) is 8.67. The Hall–Kier alpha value is -2.93. The van der Waals surface area contributed by atoms with E-state index in [1.807, 2.05) is 36.4 Å². The molecule has 2 aromatic carbocycles. The summed E-state index contributed by atoms with van der Waals surface area (Å²) in [5, 5.41) is 13.3. The van der Waals surface area contributed by atoms with Crippen molar-refractivity contribution in [2.45, 2.75) is 19.9 Å². The van der Waals surface area contributed by atoms with E-state index in [4.69, 9.17) is 5.26 Å². The smallest absolute Gasteiger partial charge is 0.137 e. The largest absolute Gasteiger partial charge is 0.363 e. The highest BCUT2D eigenvalue weighted by atomic mass is 15.0. The Balaban J connectivity index is 1.92. The quantitative estimate of drug-likeness (QED) is 0.791. The summed E-state index contributed by atoms with van der Waals surface area (Å²) in [6, 6.07) is 15.9. The van der Waals surface area contributed by atoms with Gasteiger partial charge in [0.15, 0.2) is 0 Å². The van der Waals surface area contributed by atoms with Crippen molar-refractivity contribution in [3.8, 4) is 6.07 Å². The van der Waals surface area contributed by atoms with E-state index in [2.05, 4.69) is 41.3 Å². The zero-order chi connectivity index (χ0) is 15.5. The summed E-state index contributed by atoms with van der Waals surface area (Å²) < 4.78 is 0. The number of hydrogen-bond acceptors (Lipinski definition) is 4. The molecule has 4 nitrogen and oxygen atoms in total. The molecule has 0 aliphatic rings. The molecule has 0 saturated heterocycles. The molecule has 0 unspecified atom stereocenters. The van der Waals surface area contributed by atoms with Gasteiger partial charge in [0.1, 0.15) is 12.1 Å². The van der Waals surface area contributed by atoms with Gasteiger partial charge in [0.2, 0.25) is 0 Å². The van der Waals surface area contributed by atoms with Crippen LogP contribution >= 0.6 is 0 Å². The molecule has 0 aliphatic heterocycles. The highest BCUT2D eigenvalue weighted by Gasteiger charge is 2.09. The van der Waals surface area contributed by atoms with Crippen LogP contribution in [0, 0.1) is 18.3 Å². The van der Waals surface area contributed by atoms with E-state index in [0.717, 1.165) is 22.3 Å². The molecular weight excluding hydrogens is 272 g/mol. The first-order chi connectivity index (χ1) is 10.7. The molecule has 0 aliphatic carbocycles. The van der Waals surface area contributed by atoms with Gasteiger partial charge in [-0.1, -0.05) is 23.8 Å². The lowest BCUT2D eigenvalue weighted by Gasteiger charge is -2.16. The van der Waals surface area contributed by atoms with Gasteiger partial charge in [-0.05, 0) is 43.7 Å². The average Bonchev–Trinajstić information content (AvgIpc) is 2.55. The molecule has 3 aromatic rings. The summed E-state index contributed by atoms with van der Waals surface area (Å²) in [5.41, 5.74) is 3.88. The monoisotopic (exact) mass is 288 g/mol. The van der Waals surface area contributed by atoms with Crippen molar-refractivity contribution >= 4 is 16.7 Å². The Morgan fingerprint density at radius 2 is 1.86 bits per heavy atom. The molecule has 4 heteroatoms. The molecule has 108 valence electrons. The zero-order valence-electron chi connectivity index (χ0n) is 12.5. The van der Waals surface area contributed by atoms with Crippen molar-refractivity contribution in [1.82, 2.24) is 9.97 Å². The van der Waals surface area contributed by atoms with Crippen molar-refractivity contribution in [3.63, 3.8) is 0 Å². The topological polar surface area (TPSA) is 61.6 Å². The Kier molecular flexibility index (Phi) is 3.71. The van der Waals surface area contributed by atoms with Crippen LogP contribution in [0.2, 0.25) is 0 Å². The molecule has 22 heavy (non-hydrogen) atoms. The number of benzene rings is 2. The number of hydrogen-bond donors (Lipinski definition) is 1. The summed E-state index contributed by atoms with van der Waals surface area (Å²) in [5.74, 6) is 0.825. The third-order valence-corrected chi connectivity index (χ3v) is 3.68. The minimum atomic E-state index is 0.0892. The lowest BCUT2D eigenvalue weighted by molar-refractivity contribution is 0.875. The number of nitrogens with zero attached hydrogens (tertiary/aromatic N) is 3. The highest BCUT2D eigenvalue weighted by molar-refractivity contribution is 5.89. The van der Waals surface area contributed by atoms with Crippen LogP contribution in [-0.2, 0) is 0 Å². The van der Waals surface area contributed by atoms with Gasteiger partial charge >= 0.3 is 0 Å². The van der Waals surface area contributed by atoms with E-state index in [9.17, 15) is 0 Å². The van der Waals surface area contributed by atoms with Crippen LogP contribution in [0.1, 0.15) is 29.7 Å². The third-order valence-electron chi connectivity index (χ3n) is 3.68. The minimum absolute atomic E-state index is 0.0892. The van der Waals surface area contributed by atoms with Gasteiger partial charge in [0, 0.05) is 11.4 Å². The normalized spacial score (nSPS) is 11.9. The summed E-state index contributed by atoms with van der Waals surface area (Å²) in [6.07, 6.45) is 1.57. The number of rotatable bonds is 3. The molecule has 1 aromatic heterocycles. The van der Waals surface area contributed by atoms with Gasteiger partial charge in [-0.25, -0.2) is 9.97 Å². The highest BCUT2D eigenvalue weighted by Crippen LogP contribution is 2.24. The zero-order valence-corrected chi connectivity index (χ0v) is 12.5. The molecule has 0 bridgehead atoms. The molecule has 0 fully saturated rings. The number of anilines is 1. The fraction of sp³-hybridized carbons (Fsp3) is 0.167. The second-order valence-electron chi connectivity index (χ2n) is 5.34. The van der Waals surface area contributed by atoms with Crippen LogP contribution < -0.4 is 5.32 Å². The van der Waals surface area contributed by atoms with Gasteiger partial charge in [0.25, 0.3) is 0 Å². The van der Waals surface area contributed by atoms with E-state index in [0.29, 0.717) is 5.56 Å². The van der Waals surface area contributed by atoms with E-state index in [-0.39, 0.29) is 6.04 Å². The van der Waals surface area contributed by atoms with Crippen LogP contribution in [0.4, 0.5) is 5.82 Å². The lowest BCUT2D eigenvalue weighted by Crippen LogP contribution is -2.08. The maximum atomic E-state index is 8.86. The molecule has 1 N–H and O–H groups in total. The molecular formula is C18H16N4. The van der Waals surface area contributed by atoms with Crippen LogP contribution in [0.5, 0.6) is 0 Å². The molecule has 0 spiro atoms. The van der Waals surface area contributed by atoms with Gasteiger partial charge in [-0.15, -0.1) is 0 Å². The maximum Gasteiger partial charge on any atom is 0.137 e. The first kappa shape index (κ1) is 14.0. The Morgan fingerprint density at radius 3 is 2.59 bits per heavy atom. The lowest BCUT2D eigenvalue weighted by atomic mass is 10.1. The standard InChI is InChI=1S/C18H16N4/c1-12-3-8-17-16(9-12)18(21-11-20-17)22-13(2)15-6-4-14(10-19)5-7-15/h3-9,11,13H,1-2H3,(H,20,21,22)/t13-/m0/s1. The van der Waals surface area contributed by atoms with Crippen LogP contribution in [0.15, 0.2) is 48.8 Å². The maximum absolute atomic E-state index is 8.86. The number of nitriles is 1. The molecule has 0 saturated carbocycles. The van der Waals surface area contributed by atoms with Crippen molar-refractivity contribution < 1.29 is 0 Å². The summed E-state index contributed by atoms with van der Waals surface area (Å²) >= 11 is 0. The van der Waals surface area contributed by atoms with E-state index in [1.165, 1.54) is 5.56 Å². The van der Waals surface area contributed by atoms with Gasteiger partial charge in [-0.3, -0.25) is 0 Å². The minimum Gasteiger partial charge on any atom is -0.363 e. The van der Waals surface area contributed by atoms with E-state index < -0.39 is 0 Å². The second-order valence-corrected chi connectivity index (χ2v) is 5.34. The molecule has 0 amide bonds. The van der Waals surface area contributed by atoms with E-state index in [1.54, 1.807) is 6.33 Å². The number of aryl methyl sites for hydroxylation is 1. The fourth-order valence-corrected chi connectivity index (χ4v) is 2.42. The summed E-state index contributed by atoms with van der Waals surface area (Å²) in [7, 11) is 0. The van der Waals surface area contributed by atoms with Crippen LogP contribution in [-0.4, -0.2) is 9.97 Å². The van der Waals surface area contributed by atoms with Crippen LogP contribution in [0.25, 0.3) is 10.9 Å². The predicted octanol–water partition coefficient (Wildman–Crippen LogP) is 3.98. The van der Waals surface area contributed by atoms with Crippen molar-refractivity contribution in [2.75, 3.05) is 5.32 Å². The molecule has 1 heterocycles. The molecule has 3 rings (SSSR count). The predicted molar refractivity (Wildman–Crippen MR) is 87.5 cm³/mol. The number of aromatic nitrogens is 2. The van der Waals surface area contributed by atoms with E-state index >= 15 is 0 Å². The van der Waals surface area contributed by atoms with Crippen molar-refractivity contribution in [1.29, 1.82) is 5.26 Å². The molecule has 0 radical (unpaired) electrons.